The summed E-state index contributed by atoms with van der Waals surface area (Å²) in [6.45, 7) is 3.19. The van der Waals surface area contributed by atoms with Crippen LogP contribution in [0.1, 0.15) is 57.4 Å². The summed E-state index contributed by atoms with van der Waals surface area (Å²) in [6, 6.07) is 14.6. The van der Waals surface area contributed by atoms with Gasteiger partial charge in [-0.2, -0.15) is 4.31 Å². The van der Waals surface area contributed by atoms with E-state index in [1.165, 1.54) is 15.6 Å². The number of benzene rings is 2. The number of aromatic nitrogens is 1. The zero-order chi connectivity index (χ0) is 33.8. The summed E-state index contributed by atoms with van der Waals surface area (Å²) in [5.41, 5.74) is 1.66. The predicted molar refractivity (Wildman–Crippen MR) is 186 cm³/mol. The standard InChI is InChI=1S/C36H46N4O7S2/c1-36(15-16-36)21-40(49(43,44)25-11-14-29-31(17-25)48-34(38-29)37-24-9-10-24)18-30(41)28(13-7-22-5-3-2-4-6-22)39-35(42)47-32-23-8-12-26-27(32)20-46-33(26)45-19-23/h2-6,11,14,17,23-24,26-28,30,32-33,41H,7-10,12-13,15-16,18-21H2,1H3,(H,37,38)(H,39,42)/t23?,26?,27?,28-,30+,32?,33?/m0/s1. The third kappa shape index (κ3) is 7.34. The maximum absolute atomic E-state index is 14.3. The van der Waals surface area contributed by atoms with Crippen LogP contribution in [0.3, 0.4) is 0 Å². The third-order valence-corrected chi connectivity index (χ3v) is 13.9. The Kier molecular flexibility index (Phi) is 9.11. The first-order chi connectivity index (χ1) is 23.6. The first-order valence-electron chi connectivity index (χ1n) is 17.7. The molecule has 3 N–H and O–H groups in total. The first kappa shape index (κ1) is 33.3. The number of alkyl carbamates (subject to hydrolysis) is 1. The number of hydrogen-bond donors (Lipinski definition) is 3. The van der Waals surface area contributed by atoms with Crippen LogP contribution in [-0.2, 0) is 30.7 Å². The lowest BCUT2D eigenvalue weighted by atomic mass is 9.74. The molecule has 1 amide bonds. The lowest BCUT2D eigenvalue weighted by molar-refractivity contribution is -0.135. The molecule has 0 spiro atoms. The summed E-state index contributed by atoms with van der Waals surface area (Å²) >= 11 is 1.46. The normalized spacial score (nSPS) is 28.3. The van der Waals surface area contributed by atoms with Crippen LogP contribution in [-0.4, -0.2) is 85.8 Å². The molecule has 264 valence electrons. The monoisotopic (exact) mass is 710 g/mol. The molecule has 1 aromatic heterocycles. The fraction of sp³-hybridized carbons (Fsp3) is 0.611. The second kappa shape index (κ2) is 13.4. The number of aliphatic hydroxyl groups is 1. The van der Waals surface area contributed by atoms with Gasteiger partial charge in [-0.25, -0.2) is 18.2 Å². The number of hydrogen-bond acceptors (Lipinski definition) is 10. The van der Waals surface area contributed by atoms with Crippen molar-refractivity contribution >= 4 is 42.8 Å². The number of thiazole rings is 1. The highest BCUT2D eigenvalue weighted by molar-refractivity contribution is 7.89. The van der Waals surface area contributed by atoms with Crippen molar-refractivity contribution in [3.8, 4) is 0 Å². The Hall–Kier alpha value is -2.81. The van der Waals surface area contributed by atoms with E-state index in [2.05, 4.69) is 22.5 Å². The van der Waals surface area contributed by atoms with Crippen molar-refractivity contribution in [2.75, 3.05) is 31.6 Å². The highest BCUT2D eigenvalue weighted by atomic mass is 32.2. The molecule has 7 atom stereocenters. The molecule has 6 aliphatic rings. The second-order valence-electron chi connectivity index (χ2n) is 15.1. The summed E-state index contributed by atoms with van der Waals surface area (Å²) < 4.78 is 48.8. The van der Waals surface area contributed by atoms with Crippen LogP contribution in [0.2, 0.25) is 0 Å². The van der Waals surface area contributed by atoms with Crippen molar-refractivity contribution in [3.05, 3.63) is 54.1 Å². The third-order valence-electron chi connectivity index (χ3n) is 11.1. The number of anilines is 1. The van der Waals surface area contributed by atoms with E-state index < -0.39 is 28.3 Å². The van der Waals surface area contributed by atoms with Crippen LogP contribution < -0.4 is 10.6 Å². The van der Waals surface area contributed by atoms with E-state index in [0.717, 1.165) is 59.4 Å². The maximum Gasteiger partial charge on any atom is 0.407 e. The quantitative estimate of drug-likeness (QED) is 0.207. The molecule has 13 heteroatoms. The van der Waals surface area contributed by atoms with E-state index in [1.807, 2.05) is 30.3 Å². The number of rotatable bonds is 14. The van der Waals surface area contributed by atoms with E-state index in [9.17, 15) is 18.3 Å². The smallest absolute Gasteiger partial charge is 0.407 e. The summed E-state index contributed by atoms with van der Waals surface area (Å²) in [7, 11) is -3.99. The topological polar surface area (TPSA) is 139 Å². The second-order valence-corrected chi connectivity index (χ2v) is 18.1. The number of fused-ring (bicyclic) bond motifs is 3. The molecule has 4 bridgehead atoms. The van der Waals surface area contributed by atoms with Gasteiger partial charge in [-0.05, 0) is 80.5 Å². The Morgan fingerprint density at radius 1 is 1.10 bits per heavy atom. The van der Waals surface area contributed by atoms with Crippen molar-refractivity contribution in [2.45, 2.75) is 93.8 Å². The molecule has 49 heavy (non-hydrogen) atoms. The molecule has 11 nitrogen and oxygen atoms in total. The first-order valence-corrected chi connectivity index (χ1v) is 20.0. The van der Waals surface area contributed by atoms with Crippen LogP contribution in [0.25, 0.3) is 10.2 Å². The van der Waals surface area contributed by atoms with Crippen molar-refractivity contribution < 1.29 is 32.5 Å². The number of sulfonamides is 1. The predicted octanol–water partition coefficient (Wildman–Crippen LogP) is 5.15. The van der Waals surface area contributed by atoms with Crippen LogP contribution in [0.5, 0.6) is 0 Å². The van der Waals surface area contributed by atoms with E-state index in [1.54, 1.807) is 18.2 Å². The van der Waals surface area contributed by atoms with Crippen LogP contribution in [0, 0.1) is 23.2 Å². The molecule has 3 saturated carbocycles. The number of amides is 1. The maximum atomic E-state index is 14.3. The lowest BCUT2D eigenvalue weighted by Crippen LogP contribution is -2.52. The molecular weight excluding hydrogens is 665 g/mol. The zero-order valence-corrected chi connectivity index (χ0v) is 29.5. The van der Waals surface area contributed by atoms with Gasteiger partial charge >= 0.3 is 6.09 Å². The van der Waals surface area contributed by atoms with E-state index >= 15 is 0 Å². The molecule has 2 aromatic carbocycles. The van der Waals surface area contributed by atoms with Gasteiger partial charge in [0, 0.05) is 36.9 Å². The minimum atomic E-state index is -3.99. The van der Waals surface area contributed by atoms with Crippen molar-refractivity contribution in [1.82, 2.24) is 14.6 Å². The molecule has 4 heterocycles. The molecule has 3 aliphatic heterocycles. The summed E-state index contributed by atoms with van der Waals surface area (Å²) in [5, 5.41) is 19.0. The molecule has 6 fully saturated rings. The SMILES string of the molecule is CC1(CN(C[C@@H](O)[C@H](CCc2ccccc2)NC(=O)OC2C3CCC4C(OC3)OCC42)S(=O)(=O)c2ccc3nc(NC4CC4)sc3c2)CC1. The Balaban J connectivity index is 1.01. The molecule has 9 rings (SSSR count). The molecule has 3 aliphatic carbocycles. The van der Waals surface area contributed by atoms with Gasteiger partial charge in [-0.1, -0.05) is 48.6 Å². The number of aliphatic hydroxyl groups excluding tert-OH is 1. The summed E-state index contributed by atoms with van der Waals surface area (Å²) in [4.78, 5) is 18.4. The van der Waals surface area contributed by atoms with Crippen molar-refractivity contribution in [2.24, 2.45) is 23.2 Å². The van der Waals surface area contributed by atoms with Crippen LogP contribution in [0.4, 0.5) is 9.93 Å². The number of nitrogens with zero attached hydrogens (tertiary/aromatic N) is 2. The van der Waals surface area contributed by atoms with Gasteiger partial charge in [0.1, 0.15) is 6.10 Å². The van der Waals surface area contributed by atoms with Crippen LogP contribution >= 0.6 is 11.3 Å². The zero-order valence-electron chi connectivity index (χ0n) is 27.8. The number of carbonyl (C=O) groups excluding carboxylic acids is 1. The van der Waals surface area contributed by atoms with Gasteiger partial charge in [0.05, 0.1) is 40.5 Å². The largest absolute Gasteiger partial charge is 0.445 e. The fourth-order valence-electron chi connectivity index (χ4n) is 7.71. The van der Waals surface area contributed by atoms with Gasteiger partial charge in [0.25, 0.3) is 0 Å². The van der Waals surface area contributed by atoms with Gasteiger partial charge in [-0.3, -0.25) is 0 Å². The minimum Gasteiger partial charge on any atom is -0.445 e. The average Bonchev–Trinajstić information content (AvgIpc) is 3.99. The Bertz CT molecular complexity index is 1760. The molecule has 3 saturated heterocycles. The van der Waals surface area contributed by atoms with Gasteiger partial charge in [0.2, 0.25) is 10.0 Å². The average molecular weight is 711 g/mol. The lowest BCUT2D eigenvalue weighted by Gasteiger charge is -2.36. The van der Waals surface area contributed by atoms with Gasteiger partial charge in [-0.15, -0.1) is 0 Å². The number of nitrogens with one attached hydrogen (secondary N) is 2. The number of aryl methyl sites for hydroxylation is 1. The number of carbonyl (C=O) groups is 1. The highest BCUT2D eigenvalue weighted by Crippen LogP contribution is 2.47. The van der Waals surface area contributed by atoms with E-state index in [0.29, 0.717) is 32.1 Å². The fourth-order valence-corrected chi connectivity index (χ4v) is 10.4. The molecule has 5 unspecified atom stereocenters. The van der Waals surface area contributed by atoms with Crippen molar-refractivity contribution in [3.63, 3.8) is 0 Å². The Morgan fingerprint density at radius 2 is 1.90 bits per heavy atom. The van der Waals surface area contributed by atoms with E-state index in [-0.39, 0.29) is 53.5 Å². The highest BCUT2D eigenvalue weighted by Gasteiger charge is 2.53. The van der Waals surface area contributed by atoms with Crippen molar-refractivity contribution in [1.29, 1.82) is 0 Å². The number of ether oxygens (including phenoxy) is 3. The summed E-state index contributed by atoms with van der Waals surface area (Å²) in [5.74, 6) is 0.398. The minimum absolute atomic E-state index is 0.0843. The molecule has 3 aromatic rings. The van der Waals surface area contributed by atoms with E-state index in [4.69, 9.17) is 14.2 Å². The van der Waals surface area contributed by atoms with Crippen LogP contribution in [0.15, 0.2) is 53.4 Å². The van der Waals surface area contributed by atoms with Gasteiger partial charge in [0.15, 0.2) is 11.4 Å². The Morgan fingerprint density at radius 3 is 2.67 bits per heavy atom. The summed E-state index contributed by atoms with van der Waals surface area (Å²) in [6.07, 6.45) is 4.65. The molecule has 0 radical (unpaired) electrons. The van der Waals surface area contributed by atoms with Gasteiger partial charge < -0.3 is 30.0 Å². The molecular formula is C36H46N4O7S2. The Labute approximate surface area is 291 Å².